The van der Waals surface area contributed by atoms with Gasteiger partial charge >= 0.3 is 5.97 Å². The van der Waals surface area contributed by atoms with Crippen LogP contribution in [0.25, 0.3) is 0 Å². The molecule has 1 heterocycles. The SMILES string of the molecule is CN(C)c1ccc(CC(=O)Nc2ncc(NCCCCC(=O)O)s2)cc1. The van der Waals surface area contributed by atoms with Crippen molar-refractivity contribution >= 4 is 39.0 Å². The number of anilines is 3. The summed E-state index contributed by atoms with van der Waals surface area (Å²) in [7, 11) is 3.95. The Morgan fingerprint density at radius 3 is 2.58 bits per heavy atom. The molecule has 1 aromatic heterocycles. The highest BCUT2D eigenvalue weighted by atomic mass is 32.1. The Bertz CT molecular complexity index is 728. The molecule has 0 aliphatic rings. The van der Waals surface area contributed by atoms with Gasteiger partial charge < -0.3 is 20.6 Å². The van der Waals surface area contributed by atoms with Gasteiger partial charge in [0.05, 0.1) is 12.6 Å². The first kappa shape index (κ1) is 19.7. The summed E-state index contributed by atoms with van der Waals surface area (Å²) in [4.78, 5) is 28.8. The molecule has 140 valence electrons. The molecular formula is C18H24N4O3S. The molecule has 0 spiro atoms. The van der Waals surface area contributed by atoms with Crippen LogP contribution < -0.4 is 15.5 Å². The number of nitrogens with zero attached hydrogens (tertiary/aromatic N) is 2. The number of nitrogens with one attached hydrogen (secondary N) is 2. The van der Waals surface area contributed by atoms with E-state index in [-0.39, 0.29) is 12.3 Å². The smallest absolute Gasteiger partial charge is 0.303 e. The predicted octanol–water partition coefficient (Wildman–Crippen LogP) is 3.06. The summed E-state index contributed by atoms with van der Waals surface area (Å²) < 4.78 is 0. The molecule has 2 aromatic rings. The summed E-state index contributed by atoms with van der Waals surface area (Å²) in [5, 5.41) is 16.0. The summed E-state index contributed by atoms with van der Waals surface area (Å²) in [6.07, 6.45) is 3.56. The van der Waals surface area contributed by atoms with Crippen molar-refractivity contribution in [2.75, 3.05) is 36.2 Å². The van der Waals surface area contributed by atoms with Crippen molar-refractivity contribution in [3.05, 3.63) is 36.0 Å². The van der Waals surface area contributed by atoms with E-state index in [1.807, 2.05) is 43.3 Å². The van der Waals surface area contributed by atoms with E-state index in [1.165, 1.54) is 11.3 Å². The van der Waals surface area contributed by atoms with Crippen LogP contribution in [-0.4, -0.2) is 42.6 Å². The number of carboxylic acid groups (broad SMARTS) is 1. The normalized spacial score (nSPS) is 10.4. The number of carboxylic acids is 1. The fourth-order valence-corrected chi connectivity index (χ4v) is 3.05. The zero-order chi connectivity index (χ0) is 18.9. The van der Waals surface area contributed by atoms with Gasteiger partial charge in [-0.25, -0.2) is 4.98 Å². The van der Waals surface area contributed by atoms with Crippen LogP contribution in [0.5, 0.6) is 0 Å². The monoisotopic (exact) mass is 376 g/mol. The highest BCUT2D eigenvalue weighted by molar-refractivity contribution is 7.19. The number of thiazole rings is 1. The highest BCUT2D eigenvalue weighted by Gasteiger charge is 2.08. The van der Waals surface area contributed by atoms with Crippen molar-refractivity contribution in [2.24, 2.45) is 0 Å². The van der Waals surface area contributed by atoms with Crippen LogP contribution >= 0.6 is 11.3 Å². The van der Waals surface area contributed by atoms with Crippen molar-refractivity contribution in [1.29, 1.82) is 0 Å². The fraction of sp³-hybridized carbons (Fsp3) is 0.389. The first-order valence-corrected chi connectivity index (χ1v) is 9.23. The Labute approximate surface area is 157 Å². The van der Waals surface area contributed by atoms with E-state index in [2.05, 4.69) is 15.6 Å². The number of aliphatic carboxylic acids is 1. The Kier molecular flexibility index (Phi) is 7.40. The van der Waals surface area contributed by atoms with Crippen LogP contribution in [-0.2, 0) is 16.0 Å². The van der Waals surface area contributed by atoms with E-state index in [0.717, 1.165) is 22.7 Å². The van der Waals surface area contributed by atoms with E-state index >= 15 is 0 Å². The summed E-state index contributed by atoms with van der Waals surface area (Å²) in [6, 6.07) is 7.86. The minimum absolute atomic E-state index is 0.107. The van der Waals surface area contributed by atoms with Crippen LogP contribution in [0.4, 0.5) is 15.8 Å². The summed E-state index contributed by atoms with van der Waals surface area (Å²) in [5.74, 6) is -0.880. The van der Waals surface area contributed by atoms with Gasteiger partial charge in [-0.05, 0) is 30.5 Å². The number of hydrogen-bond donors (Lipinski definition) is 3. The third-order valence-electron chi connectivity index (χ3n) is 3.69. The fourth-order valence-electron chi connectivity index (χ4n) is 2.29. The third kappa shape index (κ3) is 6.72. The molecule has 0 bridgehead atoms. The maximum Gasteiger partial charge on any atom is 0.303 e. The van der Waals surface area contributed by atoms with Crippen LogP contribution in [0.15, 0.2) is 30.5 Å². The number of aromatic nitrogens is 1. The Balaban J connectivity index is 1.75. The molecule has 0 saturated heterocycles. The van der Waals surface area contributed by atoms with Crippen LogP contribution in [0.2, 0.25) is 0 Å². The Hall–Kier alpha value is -2.61. The van der Waals surface area contributed by atoms with Crippen molar-refractivity contribution in [3.8, 4) is 0 Å². The molecule has 0 aliphatic heterocycles. The zero-order valence-electron chi connectivity index (χ0n) is 15.0. The molecular weight excluding hydrogens is 352 g/mol. The molecule has 1 amide bonds. The number of rotatable bonds is 10. The number of benzene rings is 1. The van der Waals surface area contributed by atoms with E-state index in [4.69, 9.17) is 5.11 Å². The number of carbonyl (C=O) groups is 2. The lowest BCUT2D eigenvalue weighted by Crippen LogP contribution is -2.14. The quantitative estimate of drug-likeness (QED) is 0.552. The van der Waals surface area contributed by atoms with E-state index in [0.29, 0.717) is 24.5 Å². The second kappa shape index (κ2) is 9.76. The van der Waals surface area contributed by atoms with Gasteiger partial charge in [0.1, 0.15) is 5.00 Å². The largest absolute Gasteiger partial charge is 0.481 e. The summed E-state index contributed by atoms with van der Waals surface area (Å²) >= 11 is 1.37. The lowest BCUT2D eigenvalue weighted by Gasteiger charge is -2.12. The van der Waals surface area contributed by atoms with Crippen molar-refractivity contribution in [2.45, 2.75) is 25.7 Å². The molecule has 7 nitrogen and oxygen atoms in total. The predicted molar refractivity (Wildman–Crippen MR) is 105 cm³/mol. The standard InChI is InChI=1S/C18H24N4O3S/c1-22(2)14-8-6-13(7-9-14)11-15(23)21-18-20-12-16(26-18)19-10-4-3-5-17(24)25/h6-9,12,19H,3-5,10-11H2,1-2H3,(H,24,25)(H,20,21,23). The first-order chi connectivity index (χ1) is 12.4. The molecule has 26 heavy (non-hydrogen) atoms. The van der Waals surface area contributed by atoms with Gasteiger partial charge in [-0.2, -0.15) is 0 Å². The van der Waals surface area contributed by atoms with Gasteiger partial charge in [-0.15, -0.1) is 0 Å². The van der Waals surface area contributed by atoms with Crippen LogP contribution in [0, 0.1) is 0 Å². The molecule has 0 radical (unpaired) electrons. The molecule has 0 saturated carbocycles. The third-order valence-corrected chi connectivity index (χ3v) is 4.56. The average Bonchev–Trinajstić information content (AvgIpc) is 3.02. The van der Waals surface area contributed by atoms with Gasteiger partial charge in [-0.1, -0.05) is 23.5 Å². The maximum atomic E-state index is 12.1. The van der Waals surface area contributed by atoms with Crippen molar-refractivity contribution in [1.82, 2.24) is 4.98 Å². The summed E-state index contributed by atoms with van der Waals surface area (Å²) in [6.45, 7) is 0.682. The molecule has 0 unspecified atom stereocenters. The van der Waals surface area contributed by atoms with Crippen LogP contribution in [0.1, 0.15) is 24.8 Å². The number of carbonyl (C=O) groups excluding carboxylic acids is 1. The van der Waals surface area contributed by atoms with E-state index in [9.17, 15) is 9.59 Å². The van der Waals surface area contributed by atoms with Crippen molar-refractivity contribution in [3.63, 3.8) is 0 Å². The van der Waals surface area contributed by atoms with Crippen molar-refractivity contribution < 1.29 is 14.7 Å². The summed E-state index contributed by atoms with van der Waals surface area (Å²) in [5.41, 5.74) is 2.04. The molecule has 8 heteroatoms. The van der Waals surface area contributed by atoms with E-state index in [1.54, 1.807) is 6.20 Å². The minimum atomic E-state index is -0.774. The molecule has 0 fully saturated rings. The lowest BCUT2D eigenvalue weighted by molar-refractivity contribution is -0.137. The average molecular weight is 376 g/mol. The maximum absolute atomic E-state index is 12.1. The molecule has 0 aliphatic carbocycles. The first-order valence-electron chi connectivity index (χ1n) is 8.41. The molecule has 3 N–H and O–H groups in total. The van der Waals surface area contributed by atoms with Gasteiger partial charge in [0.2, 0.25) is 5.91 Å². The second-order valence-electron chi connectivity index (χ2n) is 6.09. The minimum Gasteiger partial charge on any atom is -0.481 e. The second-order valence-corrected chi connectivity index (χ2v) is 7.12. The van der Waals surface area contributed by atoms with Gasteiger partial charge in [0, 0.05) is 32.7 Å². The molecule has 1 aromatic carbocycles. The van der Waals surface area contributed by atoms with Gasteiger partial charge in [0.25, 0.3) is 0 Å². The zero-order valence-corrected chi connectivity index (χ0v) is 15.8. The molecule has 0 atom stereocenters. The lowest BCUT2D eigenvalue weighted by atomic mass is 10.1. The Morgan fingerprint density at radius 2 is 1.92 bits per heavy atom. The van der Waals surface area contributed by atoms with Gasteiger partial charge in [0.15, 0.2) is 5.13 Å². The topological polar surface area (TPSA) is 94.6 Å². The highest BCUT2D eigenvalue weighted by Crippen LogP contribution is 2.23. The Morgan fingerprint density at radius 1 is 1.19 bits per heavy atom. The number of hydrogen-bond acceptors (Lipinski definition) is 6. The molecule has 2 rings (SSSR count). The van der Waals surface area contributed by atoms with E-state index < -0.39 is 5.97 Å². The number of amides is 1. The number of unbranched alkanes of at least 4 members (excludes halogenated alkanes) is 1. The van der Waals surface area contributed by atoms with Crippen LogP contribution in [0.3, 0.4) is 0 Å². The van der Waals surface area contributed by atoms with Gasteiger partial charge in [-0.3, -0.25) is 9.59 Å².